The molecule has 0 aromatic heterocycles. The second kappa shape index (κ2) is 7.28. The third kappa shape index (κ3) is 4.61. The van der Waals surface area contributed by atoms with Crippen molar-refractivity contribution in [2.75, 3.05) is 37.8 Å². The molecule has 1 heterocycles. The summed E-state index contributed by atoms with van der Waals surface area (Å²) in [6, 6.07) is 5.15. The van der Waals surface area contributed by atoms with Gasteiger partial charge in [-0.1, -0.05) is 0 Å². The molecule has 0 aliphatic carbocycles. The fourth-order valence-corrected chi connectivity index (χ4v) is 2.51. The number of rotatable bonds is 6. The van der Waals surface area contributed by atoms with E-state index in [4.69, 9.17) is 10.5 Å². The van der Waals surface area contributed by atoms with Crippen molar-refractivity contribution in [2.24, 2.45) is 0 Å². The first-order valence-electron chi connectivity index (χ1n) is 7.22. The number of hydrogen-bond donors (Lipinski definition) is 3. The molecule has 1 fully saturated rings. The van der Waals surface area contributed by atoms with Gasteiger partial charge in [0.2, 0.25) is 5.91 Å². The number of nitrogens with zero attached hydrogens (tertiary/aromatic N) is 1. The lowest BCUT2D eigenvalue weighted by atomic mass is 10.2. The highest BCUT2D eigenvalue weighted by atomic mass is 16.5. The molecule has 0 spiro atoms. The van der Waals surface area contributed by atoms with Gasteiger partial charge in [-0.15, -0.1) is 0 Å². The van der Waals surface area contributed by atoms with Crippen molar-refractivity contribution in [2.45, 2.75) is 25.4 Å². The van der Waals surface area contributed by atoms with E-state index in [-0.39, 0.29) is 12.0 Å². The van der Waals surface area contributed by atoms with E-state index < -0.39 is 0 Å². The van der Waals surface area contributed by atoms with E-state index in [1.54, 1.807) is 25.3 Å². The summed E-state index contributed by atoms with van der Waals surface area (Å²) in [5.74, 6) is 0.541. The zero-order chi connectivity index (χ0) is 15.2. The number of carbonyl (C=O) groups excluding carboxylic acids is 1. The maximum absolute atomic E-state index is 12.0. The highest BCUT2D eigenvalue weighted by Crippen LogP contribution is 2.26. The lowest BCUT2D eigenvalue weighted by Gasteiger charge is -2.15. The lowest BCUT2D eigenvalue weighted by molar-refractivity contribution is -0.116. The summed E-state index contributed by atoms with van der Waals surface area (Å²) in [5.41, 5.74) is 6.89. The number of β-amino-alcohol motifs (C(OH)–C–C–N with tert-alkyl or cyclic N) is 1. The number of anilines is 2. The average molecular weight is 293 g/mol. The number of likely N-dealkylation sites (tertiary alicyclic amines) is 1. The van der Waals surface area contributed by atoms with Gasteiger partial charge in [0.25, 0.3) is 0 Å². The molecule has 6 nitrogen and oxygen atoms in total. The summed E-state index contributed by atoms with van der Waals surface area (Å²) < 4.78 is 5.19. The number of nitrogen functional groups attached to an aromatic ring is 1. The molecule has 1 aromatic rings. The van der Waals surface area contributed by atoms with Crippen molar-refractivity contribution >= 4 is 17.3 Å². The molecule has 1 atom stereocenters. The first-order valence-corrected chi connectivity index (χ1v) is 7.22. The van der Waals surface area contributed by atoms with E-state index in [9.17, 15) is 9.90 Å². The van der Waals surface area contributed by atoms with Crippen LogP contribution in [0.25, 0.3) is 0 Å². The van der Waals surface area contributed by atoms with E-state index in [1.807, 2.05) is 0 Å². The van der Waals surface area contributed by atoms with Crippen LogP contribution >= 0.6 is 0 Å². The maximum Gasteiger partial charge on any atom is 0.224 e. The molecule has 1 unspecified atom stereocenters. The van der Waals surface area contributed by atoms with E-state index >= 15 is 0 Å². The van der Waals surface area contributed by atoms with Crippen LogP contribution in [-0.2, 0) is 4.79 Å². The number of aliphatic hydroxyl groups excluding tert-OH is 1. The quantitative estimate of drug-likeness (QED) is 0.683. The standard InChI is InChI=1S/C15H23N3O3/c1-21-14-5-4-11(16)9-13(14)17-15(20)3-2-7-18-8-6-12(19)10-18/h4-5,9,12,19H,2-3,6-8,10,16H2,1H3,(H,17,20). The lowest BCUT2D eigenvalue weighted by Crippen LogP contribution is -2.24. The van der Waals surface area contributed by atoms with Crippen molar-refractivity contribution in [3.63, 3.8) is 0 Å². The van der Waals surface area contributed by atoms with Crippen LogP contribution in [0.3, 0.4) is 0 Å². The maximum atomic E-state index is 12.0. The van der Waals surface area contributed by atoms with Gasteiger partial charge in [-0.05, 0) is 37.6 Å². The monoisotopic (exact) mass is 293 g/mol. The number of methoxy groups -OCH3 is 1. The third-order valence-corrected chi connectivity index (χ3v) is 3.62. The Kier molecular flexibility index (Phi) is 5.41. The topological polar surface area (TPSA) is 87.8 Å². The molecular weight excluding hydrogens is 270 g/mol. The van der Waals surface area contributed by atoms with Crippen molar-refractivity contribution < 1.29 is 14.6 Å². The number of benzene rings is 1. The van der Waals surface area contributed by atoms with Crippen molar-refractivity contribution in [3.05, 3.63) is 18.2 Å². The van der Waals surface area contributed by atoms with Gasteiger partial charge in [-0.3, -0.25) is 4.79 Å². The summed E-state index contributed by atoms with van der Waals surface area (Å²) in [6.07, 6.45) is 1.82. The summed E-state index contributed by atoms with van der Waals surface area (Å²) in [4.78, 5) is 14.1. The Balaban J connectivity index is 1.78. The minimum atomic E-state index is -0.213. The van der Waals surface area contributed by atoms with Gasteiger partial charge in [-0.25, -0.2) is 0 Å². The molecule has 1 saturated heterocycles. The summed E-state index contributed by atoms with van der Waals surface area (Å²) in [5, 5.41) is 12.3. The van der Waals surface area contributed by atoms with Crippen molar-refractivity contribution in [3.8, 4) is 5.75 Å². The second-order valence-electron chi connectivity index (χ2n) is 5.35. The number of hydrogen-bond acceptors (Lipinski definition) is 5. The van der Waals surface area contributed by atoms with Gasteiger partial charge >= 0.3 is 0 Å². The largest absolute Gasteiger partial charge is 0.495 e. The van der Waals surface area contributed by atoms with Crippen molar-refractivity contribution in [1.29, 1.82) is 0 Å². The molecule has 2 rings (SSSR count). The fourth-order valence-electron chi connectivity index (χ4n) is 2.51. The van der Waals surface area contributed by atoms with Gasteiger partial charge in [0.15, 0.2) is 0 Å². The molecule has 6 heteroatoms. The van der Waals surface area contributed by atoms with Crippen LogP contribution in [0.4, 0.5) is 11.4 Å². The average Bonchev–Trinajstić information content (AvgIpc) is 2.85. The fraction of sp³-hybridized carbons (Fsp3) is 0.533. The molecule has 0 radical (unpaired) electrons. The Labute approximate surface area is 124 Å². The zero-order valence-electron chi connectivity index (χ0n) is 12.3. The highest BCUT2D eigenvalue weighted by molar-refractivity contribution is 5.92. The summed E-state index contributed by atoms with van der Waals surface area (Å²) in [7, 11) is 1.56. The Morgan fingerprint density at radius 3 is 3.05 bits per heavy atom. The van der Waals surface area contributed by atoms with Crippen LogP contribution in [0.15, 0.2) is 18.2 Å². The zero-order valence-corrected chi connectivity index (χ0v) is 12.3. The molecule has 1 aromatic carbocycles. The van der Waals surface area contributed by atoms with E-state index in [0.717, 1.165) is 25.9 Å². The smallest absolute Gasteiger partial charge is 0.224 e. The summed E-state index contributed by atoms with van der Waals surface area (Å²) in [6.45, 7) is 2.45. The van der Waals surface area contributed by atoms with E-state index in [2.05, 4.69) is 10.2 Å². The number of carbonyl (C=O) groups is 1. The molecular formula is C15H23N3O3. The van der Waals surface area contributed by atoms with E-state index in [1.165, 1.54) is 0 Å². The van der Waals surface area contributed by atoms with Gasteiger partial charge in [0.05, 0.1) is 18.9 Å². The Morgan fingerprint density at radius 1 is 1.57 bits per heavy atom. The van der Waals surface area contributed by atoms with Crippen LogP contribution in [0.2, 0.25) is 0 Å². The van der Waals surface area contributed by atoms with Crippen LogP contribution in [0, 0.1) is 0 Å². The van der Waals surface area contributed by atoms with Crippen LogP contribution < -0.4 is 15.8 Å². The first-order chi connectivity index (χ1) is 10.1. The third-order valence-electron chi connectivity index (χ3n) is 3.62. The predicted octanol–water partition coefficient (Wildman–Crippen LogP) is 1.06. The normalized spacial score (nSPS) is 18.7. The number of nitrogens with one attached hydrogen (secondary N) is 1. The molecule has 1 aliphatic heterocycles. The minimum absolute atomic E-state index is 0.0568. The molecule has 4 N–H and O–H groups in total. The van der Waals surface area contributed by atoms with Crippen LogP contribution in [0.1, 0.15) is 19.3 Å². The van der Waals surface area contributed by atoms with Gasteiger partial charge in [0, 0.05) is 25.2 Å². The van der Waals surface area contributed by atoms with Gasteiger partial charge in [0.1, 0.15) is 5.75 Å². The molecule has 0 saturated carbocycles. The van der Waals surface area contributed by atoms with Crippen molar-refractivity contribution in [1.82, 2.24) is 4.90 Å². The molecule has 1 aliphatic rings. The Hall–Kier alpha value is -1.79. The van der Waals surface area contributed by atoms with Crippen LogP contribution in [0.5, 0.6) is 5.75 Å². The SMILES string of the molecule is COc1ccc(N)cc1NC(=O)CCCN1CCC(O)C1. The number of aliphatic hydroxyl groups is 1. The number of nitrogens with two attached hydrogens (primary N) is 1. The predicted molar refractivity (Wildman–Crippen MR) is 82.3 cm³/mol. The first kappa shape index (κ1) is 15.6. The number of amides is 1. The second-order valence-corrected chi connectivity index (χ2v) is 5.35. The van der Waals surface area contributed by atoms with E-state index in [0.29, 0.717) is 30.1 Å². The van der Waals surface area contributed by atoms with Crippen LogP contribution in [-0.4, -0.2) is 48.8 Å². The van der Waals surface area contributed by atoms with Gasteiger partial charge < -0.3 is 25.8 Å². The number of ether oxygens (including phenoxy) is 1. The minimum Gasteiger partial charge on any atom is -0.495 e. The molecule has 1 amide bonds. The van der Waals surface area contributed by atoms with Gasteiger partial charge in [-0.2, -0.15) is 0 Å². The highest BCUT2D eigenvalue weighted by Gasteiger charge is 2.19. The molecule has 0 bridgehead atoms. The summed E-state index contributed by atoms with van der Waals surface area (Å²) >= 11 is 0. The Morgan fingerprint density at radius 2 is 2.38 bits per heavy atom. The Bertz CT molecular complexity index is 493. The molecule has 116 valence electrons. The molecule has 21 heavy (non-hydrogen) atoms.